The standard InChI is InChI=1S/C17H21F3N2O.ClH/c18-17(19,20)8-7-11-1-3-12(4-2-11)16(23)22-9-13-5-6-15(21)14(13)10-22;/h1-4,13-15H,5-10,21H2;1H. The molecule has 0 spiro atoms. The van der Waals surface area contributed by atoms with E-state index in [4.69, 9.17) is 5.73 Å². The molecule has 2 aliphatic rings. The van der Waals surface area contributed by atoms with Crippen LogP contribution in [-0.2, 0) is 6.42 Å². The maximum atomic E-state index is 12.5. The molecule has 7 heteroatoms. The Labute approximate surface area is 145 Å². The van der Waals surface area contributed by atoms with Crippen LogP contribution in [0.3, 0.4) is 0 Å². The summed E-state index contributed by atoms with van der Waals surface area (Å²) in [5, 5.41) is 0. The molecule has 1 heterocycles. The quantitative estimate of drug-likeness (QED) is 0.895. The first kappa shape index (κ1) is 19.1. The van der Waals surface area contributed by atoms with Gasteiger partial charge >= 0.3 is 6.18 Å². The number of nitrogens with zero attached hydrogens (tertiary/aromatic N) is 1. The van der Waals surface area contributed by atoms with Crippen molar-refractivity contribution in [2.75, 3.05) is 13.1 Å². The molecule has 1 aromatic rings. The Morgan fingerprint density at radius 2 is 1.83 bits per heavy atom. The smallest absolute Gasteiger partial charge is 0.338 e. The Hall–Kier alpha value is -1.27. The van der Waals surface area contributed by atoms with Crippen LogP contribution < -0.4 is 5.73 Å². The number of carbonyl (C=O) groups excluding carboxylic acids is 1. The van der Waals surface area contributed by atoms with E-state index in [0.717, 1.165) is 19.4 Å². The normalized spacial score (nSPS) is 26.2. The summed E-state index contributed by atoms with van der Waals surface area (Å²) in [7, 11) is 0. The van der Waals surface area contributed by atoms with Gasteiger partial charge in [-0.05, 0) is 48.8 Å². The zero-order chi connectivity index (χ0) is 16.6. The number of aryl methyl sites for hydroxylation is 1. The molecule has 3 rings (SSSR count). The molecule has 3 atom stereocenters. The first-order valence-corrected chi connectivity index (χ1v) is 8.04. The first-order chi connectivity index (χ1) is 10.8. The Morgan fingerprint density at radius 3 is 2.42 bits per heavy atom. The van der Waals surface area contributed by atoms with E-state index >= 15 is 0 Å². The van der Waals surface area contributed by atoms with E-state index in [1.165, 1.54) is 0 Å². The largest absolute Gasteiger partial charge is 0.389 e. The van der Waals surface area contributed by atoms with Crippen LogP contribution in [0.15, 0.2) is 24.3 Å². The minimum Gasteiger partial charge on any atom is -0.338 e. The predicted octanol–water partition coefficient (Wildman–Crippen LogP) is 3.41. The van der Waals surface area contributed by atoms with Gasteiger partial charge in [-0.2, -0.15) is 13.2 Å². The number of halogens is 4. The first-order valence-electron chi connectivity index (χ1n) is 8.04. The summed E-state index contributed by atoms with van der Waals surface area (Å²) in [5.41, 5.74) is 7.21. The van der Waals surface area contributed by atoms with Crippen molar-refractivity contribution in [3.05, 3.63) is 35.4 Å². The van der Waals surface area contributed by atoms with Gasteiger partial charge in [0.2, 0.25) is 0 Å². The lowest BCUT2D eigenvalue weighted by molar-refractivity contribution is -0.134. The molecule has 1 saturated heterocycles. The van der Waals surface area contributed by atoms with Gasteiger partial charge < -0.3 is 10.6 Å². The van der Waals surface area contributed by atoms with Crippen molar-refractivity contribution in [2.24, 2.45) is 17.6 Å². The third kappa shape index (κ3) is 4.22. The van der Waals surface area contributed by atoms with Crippen LogP contribution in [0.5, 0.6) is 0 Å². The van der Waals surface area contributed by atoms with E-state index in [9.17, 15) is 18.0 Å². The number of benzene rings is 1. The lowest BCUT2D eigenvalue weighted by atomic mass is 9.98. The van der Waals surface area contributed by atoms with Crippen molar-refractivity contribution in [2.45, 2.75) is 37.9 Å². The molecule has 0 radical (unpaired) electrons. The fourth-order valence-electron chi connectivity index (χ4n) is 3.76. The molecule has 1 saturated carbocycles. The van der Waals surface area contributed by atoms with E-state index < -0.39 is 12.6 Å². The van der Waals surface area contributed by atoms with Gasteiger partial charge in [-0.15, -0.1) is 12.4 Å². The van der Waals surface area contributed by atoms with Gasteiger partial charge in [0.1, 0.15) is 0 Å². The molecule has 2 N–H and O–H groups in total. The average Bonchev–Trinajstić information content (AvgIpc) is 3.07. The Balaban J connectivity index is 0.00000208. The number of carbonyl (C=O) groups is 1. The summed E-state index contributed by atoms with van der Waals surface area (Å²) >= 11 is 0. The van der Waals surface area contributed by atoms with Crippen LogP contribution in [0, 0.1) is 11.8 Å². The van der Waals surface area contributed by atoms with Gasteiger partial charge in [0.25, 0.3) is 5.91 Å². The Morgan fingerprint density at radius 1 is 1.17 bits per heavy atom. The number of amides is 1. The number of rotatable bonds is 3. The van der Waals surface area contributed by atoms with Crippen molar-refractivity contribution in [3.63, 3.8) is 0 Å². The molecule has 24 heavy (non-hydrogen) atoms. The van der Waals surface area contributed by atoms with Gasteiger partial charge in [0, 0.05) is 31.1 Å². The van der Waals surface area contributed by atoms with Crippen molar-refractivity contribution in [1.29, 1.82) is 0 Å². The molecule has 2 fully saturated rings. The number of hydrogen-bond donors (Lipinski definition) is 1. The molecule has 1 amide bonds. The van der Waals surface area contributed by atoms with E-state index in [1.54, 1.807) is 24.3 Å². The summed E-state index contributed by atoms with van der Waals surface area (Å²) in [5.74, 6) is 0.846. The second-order valence-corrected chi connectivity index (χ2v) is 6.69. The van der Waals surface area contributed by atoms with Crippen LogP contribution in [0.25, 0.3) is 0 Å². The van der Waals surface area contributed by atoms with E-state index in [1.807, 2.05) is 4.90 Å². The van der Waals surface area contributed by atoms with Crippen molar-refractivity contribution < 1.29 is 18.0 Å². The van der Waals surface area contributed by atoms with Crippen molar-refractivity contribution >= 4 is 18.3 Å². The van der Waals surface area contributed by atoms with Crippen LogP contribution >= 0.6 is 12.4 Å². The molecule has 3 nitrogen and oxygen atoms in total. The summed E-state index contributed by atoms with van der Waals surface area (Å²) in [6.07, 6.45) is -2.94. The van der Waals surface area contributed by atoms with Crippen LogP contribution in [0.4, 0.5) is 13.2 Å². The highest BCUT2D eigenvalue weighted by atomic mass is 35.5. The lowest BCUT2D eigenvalue weighted by Crippen LogP contribution is -2.33. The second-order valence-electron chi connectivity index (χ2n) is 6.69. The van der Waals surface area contributed by atoms with E-state index in [-0.39, 0.29) is 30.8 Å². The van der Waals surface area contributed by atoms with Crippen LogP contribution in [0.1, 0.15) is 35.2 Å². The number of hydrogen-bond acceptors (Lipinski definition) is 2. The van der Waals surface area contributed by atoms with Crippen molar-refractivity contribution in [3.8, 4) is 0 Å². The number of nitrogens with two attached hydrogens (primary N) is 1. The van der Waals surface area contributed by atoms with Gasteiger partial charge in [0.15, 0.2) is 0 Å². The maximum Gasteiger partial charge on any atom is 0.389 e. The van der Waals surface area contributed by atoms with Gasteiger partial charge in [-0.3, -0.25) is 4.79 Å². The molecular weight excluding hydrogens is 341 g/mol. The monoisotopic (exact) mass is 362 g/mol. The summed E-state index contributed by atoms with van der Waals surface area (Å²) in [4.78, 5) is 14.4. The fraction of sp³-hybridized carbons (Fsp3) is 0.588. The average molecular weight is 363 g/mol. The summed E-state index contributed by atoms with van der Waals surface area (Å²) in [6.45, 7) is 1.44. The highest BCUT2D eigenvalue weighted by Crippen LogP contribution is 2.37. The zero-order valence-electron chi connectivity index (χ0n) is 13.3. The fourth-order valence-corrected chi connectivity index (χ4v) is 3.76. The molecule has 134 valence electrons. The SMILES string of the molecule is Cl.NC1CCC2CN(C(=O)c3ccc(CCC(F)(F)F)cc3)CC12. The van der Waals surface area contributed by atoms with Crippen LogP contribution in [0.2, 0.25) is 0 Å². The highest BCUT2D eigenvalue weighted by Gasteiger charge is 2.42. The number of alkyl halides is 3. The third-order valence-electron chi connectivity index (χ3n) is 5.10. The topological polar surface area (TPSA) is 46.3 Å². The minimum atomic E-state index is -4.15. The molecule has 0 aromatic heterocycles. The number of fused-ring (bicyclic) bond motifs is 1. The van der Waals surface area contributed by atoms with Gasteiger partial charge in [0.05, 0.1) is 0 Å². The molecule has 3 unspecified atom stereocenters. The minimum absolute atomic E-state index is 0. The van der Waals surface area contributed by atoms with E-state index in [2.05, 4.69) is 0 Å². The molecular formula is C17H22ClF3N2O. The highest BCUT2D eigenvalue weighted by molar-refractivity contribution is 5.94. The Bertz CT molecular complexity index is 576. The van der Waals surface area contributed by atoms with Crippen molar-refractivity contribution in [1.82, 2.24) is 4.90 Å². The molecule has 0 bridgehead atoms. The third-order valence-corrected chi connectivity index (χ3v) is 5.10. The molecule has 1 aromatic carbocycles. The number of likely N-dealkylation sites (tertiary alicyclic amines) is 1. The maximum absolute atomic E-state index is 12.5. The predicted molar refractivity (Wildman–Crippen MR) is 88.2 cm³/mol. The Kier molecular flexibility index (Phi) is 5.81. The summed E-state index contributed by atoms with van der Waals surface area (Å²) in [6, 6.07) is 6.66. The lowest BCUT2D eigenvalue weighted by Gasteiger charge is -2.19. The zero-order valence-corrected chi connectivity index (χ0v) is 14.1. The van der Waals surface area contributed by atoms with Gasteiger partial charge in [-0.25, -0.2) is 0 Å². The summed E-state index contributed by atoms with van der Waals surface area (Å²) < 4.78 is 36.7. The molecule has 1 aliphatic heterocycles. The van der Waals surface area contributed by atoms with Gasteiger partial charge in [-0.1, -0.05) is 12.1 Å². The van der Waals surface area contributed by atoms with E-state index in [0.29, 0.717) is 29.5 Å². The molecule has 1 aliphatic carbocycles. The second kappa shape index (κ2) is 7.31. The van der Waals surface area contributed by atoms with Crippen LogP contribution in [-0.4, -0.2) is 36.1 Å².